The van der Waals surface area contributed by atoms with E-state index < -0.39 is 0 Å². The minimum atomic E-state index is 0.485. The van der Waals surface area contributed by atoms with Crippen LogP contribution in [0.3, 0.4) is 0 Å². The lowest BCUT2D eigenvalue weighted by Gasteiger charge is -2.44. The lowest BCUT2D eigenvalue weighted by molar-refractivity contribution is 0.121. The average molecular weight is 241 g/mol. The average Bonchev–Trinajstić information content (AvgIpc) is 2.84. The third kappa shape index (κ3) is 1.91. The highest BCUT2D eigenvalue weighted by Gasteiger charge is 2.46. The van der Waals surface area contributed by atoms with Crippen LogP contribution in [0, 0.1) is 5.92 Å². The second-order valence-corrected chi connectivity index (χ2v) is 5.91. The van der Waals surface area contributed by atoms with Gasteiger partial charge in [0, 0.05) is 18.5 Å². The Morgan fingerprint density at radius 3 is 2.89 bits per heavy atom. The molecule has 2 fully saturated rings. The number of piperidine rings is 1. The molecule has 18 heavy (non-hydrogen) atoms. The van der Waals surface area contributed by atoms with Crippen LogP contribution in [0.5, 0.6) is 0 Å². The van der Waals surface area contributed by atoms with Crippen LogP contribution in [0.4, 0.5) is 0 Å². The topological polar surface area (TPSA) is 3.24 Å². The molecule has 96 valence electrons. The molecule has 0 aromatic heterocycles. The largest absolute Gasteiger partial charge is 0.299 e. The van der Waals surface area contributed by atoms with Crippen molar-refractivity contribution in [2.45, 2.75) is 31.1 Å². The van der Waals surface area contributed by atoms with E-state index in [1.807, 2.05) is 6.08 Å². The first-order valence-corrected chi connectivity index (χ1v) is 7.24. The molecule has 0 spiro atoms. The normalized spacial score (nSPS) is 32.1. The van der Waals surface area contributed by atoms with Gasteiger partial charge in [0.1, 0.15) is 0 Å². The van der Waals surface area contributed by atoms with Crippen molar-refractivity contribution in [2.75, 3.05) is 19.6 Å². The number of benzene rings is 1. The van der Waals surface area contributed by atoms with Crippen LogP contribution >= 0.6 is 0 Å². The fourth-order valence-corrected chi connectivity index (χ4v) is 4.14. The minimum Gasteiger partial charge on any atom is -0.299 e. The van der Waals surface area contributed by atoms with Crippen LogP contribution in [0.2, 0.25) is 0 Å². The zero-order valence-electron chi connectivity index (χ0n) is 11.1. The van der Waals surface area contributed by atoms with Gasteiger partial charge >= 0.3 is 0 Å². The van der Waals surface area contributed by atoms with Crippen LogP contribution in [0.1, 0.15) is 31.2 Å². The Kier molecular flexibility index (Phi) is 3.25. The summed E-state index contributed by atoms with van der Waals surface area (Å²) >= 11 is 0. The van der Waals surface area contributed by atoms with Gasteiger partial charge in [0.15, 0.2) is 0 Å². The summed E-state index contributed by atoms with van der Waals surface area (Å²) in [7, 11) is 0. The van der Waals surface area contributed by atoms with Crippen molar-refractivity contribution in [3.8, 4) is 0 Å². The second kappa shape index (κ2) is 4.89. The van der Waals surface area contributed by atoms with E-state index >= 15 is 0 Å². The maximum absolute atomic E-state index is 3.87. The number of fused-ring (bicyclic) bond motifs is 1. The molecule has 0 N–H and O–H groups in total. The molecule has 2 atom stereocenters. The third-order valence-electron chi connectivity index (χ3n) is 5.05. The molecule has 1 heterocycles. The van der Waals surface area contributed by atoms with Crippen molar-refractivity contribution in [3.05, 3.63) is 48.6 Å². The molecule has 1 nitrogen and oxygen atoms in total. The zero-order valence-corrected chi connectivity index (χ0v) is 11.1. The molecule has 0 radical (unpaired) electrons. The fraction of sp³-hybridized carbons (Fsp3) is 0.529. The van der Waals surface area contributed by atoms with E-state index in [0.29, 0.717) is 5.41 Å². The van der Waals surface area contributed by atoms with Crippen LogP contribution in [-0.4, -0.2) is 24.5 Å². The summed E-state index contributed by atoms with van der Waals surface area (Å²) in [5, 5.41) is 0. The minimum absolute atomic E-state index is 0.485. The van der Waals surface area contributed by atoms with Gasteiger partial charge < -0.3 is 0 Å². The van der Waals surface area contributed by atoms with Gasteiger partial charge in [-0.3, -0.25) is 4.90 Å². The molecule has 1 saturated heterocycles. The van der Waals surface area contributed by atoms with Crippen LogP contribution in [0.25, 0.3) is 0 Å². The van der Waals surface area contributed by atoms with Crippen molar-refractivity contribution in [1.82, 2.24) is 4.90 Å². The predicted molar refractivity (Wildman–Crippen MR) is 76.7 cm³/mol. The van der Waals surface area contributed by atoms with E-state index in [0.717, 1.165) is 12.5 Å². The van der Waals surface area contributed by atoms with Gasteiger partial charge in [0.25, 0.3) is 0 Å². The first-order chi connectivity index (χ1) is 8.85. The molecule has 1 aromatic carbocycles. The van der Waals surface area contributed by atoms with Gasteiger partial charge in [-0.15, -0.1) is 6.58 Å². The molecule has 1 aliphatic heterocycles. The fourth-order valence-electron chi connectivity index (χ4n) is 4.14. The van der Waals surface area contributed by atoms with E-state index in [1.54, 1.807) is 5.56 Å². The lowest BCUT2D eigenvalue weighted by atomic mass is 9.68. The predicted octanol–water partition coefficient (Wildman–Crippen LogP) is 3.62. The highest BCUT2D eigenvalue weighted by molar-refractivity contribution is 5.29. The maximum Gasteiger partial charge on any atom is 0.0160 e. The van der Waals surface area contributed by atoms with Crippen molar-refractivity contribution in [3.63, 3.8) is 0 Å². The van der Waals surface area contributed by atoms with Crippen molar-refractivity contribution in [2.24, 2.45) is 5.92 Å². The molecule has 2 aliphatic rings. The Balaban J connectivity index is 1.86. The van der Waals surface area contributed by atoms with Crippen LogP contribution < -0.4 is 0 Å². The number of hydrogen-bond acceptors (Lipinski definition) is 1. The van der Waals surface area contributed by atoms with E-state index in [1.165, 1.54) is 38.8 Å². The Hall–Kier alpha value is -1.08. The number of nitrogens with zero attached hydrogens (tertiary/aromatic N) is 1. The highest BCUT2D eigenvalue weighted by Crippen LogP contribution is 2.50. The summed E-state index contributed by atoms with van der Waals surface area (Å²) < 4.78 is 0. The first-order valence-electron chi connectivity index (χ1n) is 7.24. The summed E-state index contributed by atoms with van der Waals surface area (Å²) in [5.74, 6) is 0.855. The lowest BCUT2D eigenvalue weighted by Crippen LogP contribution is -2.47. The molecule has 3 rings (SSSR count). The summed E-state index contributed by atoms with van der Waals surface area (Å²) in [5.41, 5.74) is 2.07. The van der Waals surface area contributed by atoms with Gasteiger partial charge in [-0.1, -0.05) is 42.8 Å². The molecule has 2 unspecified atom stereocenters. The number of hydrogen-bond donors (Lipinski definition) is 0. The van der Waals surface area contributed by atoms with Gasteiger partial charge in [-0.2, -0.15) is 0 Å². The summed E-state index contributed by atoms with van der Waals surface area (Å²) in [6.45, 7) is 7.43. The number of rotatable bonds is 3. The molecule has 0 bridgehead atoms. The summed E-state index contributed by atoms with van der Waals surface area (Å²) in [6.07, 6.45) is 7.58. The number of likely N-dealkylation sites (tertiary alicyclic amines) is 1. The Morgan fingerprint density at radius 2 is 2.11 bits per heavy atom. The molecular formula is C17H23N. The molecule has 0 amide bonds. The van der Waals surface area contributed by atoms with E-state index in [-0.39, 0.29) is 0 Å². The quantitative estimate of drug-likeness (QED) is 0.731. The van der Waals surface area contributed by atoms with E-state index in [2.05, 4.69) is 41.8 Å². The SMILES string of the molecule is C=CCN1CCC2(c3ccccc3)CCCC2C1. The zero-order chi connectivity index (χ0) is 12.4. The van der Waals surface area contributed by atoms with E-state index in [4.69, 9.17) is 0 Å². The Morgan fingerprint density at radius 1 is 1.28 bits per heavy atom. The second-order valence-electron chi connectivity index (χ2n) is 5.91. The van der Waals surface area contributed by atoms with Crippen molar-refractivity contribution >= 4 is 0 Å². The molecule has 1 heteroatoms. The van der Waals surface area contributed by atoms with Gasteiger partial charge in [0.05, 0.1) is 0 Å². The van der Waals surface area contributed by atoms with Crippen molar-refractivity contribution < 1.29 is 0 Å². The van der Waals surface area contributed by atoms with Crippen molar-refractivity contribution in [1.29, 1.82) is 0 Å². The highest BCUT2D eigenvalue weighted by atomic mass is 15.1. The molecular weight excluding hydrogens is 218 g/mol. The monoisotopic (exact) mass is 241 g/mol. The van der Waals surface area contributed by atoms with Gasteiger partial charge in [-0.05, 0) is 37.3 Å². The van der Waals surface area contributed by atoms with Gasteiger partial charge in [0.2, 0.25) is 0 Å². The maximum atomic E-state index is 3.87. The molecule has 1 saturated carbocycles. The van der Waals surface area contributed by atoms with Crippen LogP contribution in [0.15, 0.2) is 43.0 Å². The van der Waals surface area contributed by atoms with Crippen LogP contribution in [-0.2, 0) is 5.41 Å². The molecule has 1 aromatic rings. The van der Waals surface area contributed by atoms with Gasteiger partial charge in [-0.25, -0.2) is 0 Å². The Labute approximate surface area is 111 Å². The summed E-state index contributed by atoms with van der Waals surface area (Å²) in [4.78, 5) is 2.57. The summed E-state index contributed by atoms with van der Waals surface area (Å²) in [6, 6.07) is 11.2. The van der Waals surface area contributed by atoms with E-state index in [9.17, 15) is 0 Å². The standard InChI is InChI=1S/C17H23N/c1-2-12-18-13-11-17(10-6-9-16(17)14-18)15-7-4-3-5-8-15/h2-5,7-8,16H,1,6,9-14H2. The first kappa shape index (κ1) is 12.0. The molecule has 1 aliphatic carbocycles. The Bertz CT molecular complexity index is 411. The third-order valence-corrected chi connectivity index (χ3v) is 5.05. The smallest absolute Gasteiger partial charge is 0.0160 e.